The lowest BCUT2D eigenvalue weighted by atomic mass is 10.1. The van der Waals surface area contributed by atoms with Crippen LogP contribution in [0.25, 0.3) is 10.6 Å². The first-order valence-electron chi connectivity index (χ1n) is 6.29. The van der Waals surface area contributed by atoms with Crippen molar-refractivity contribution >= 4 is 38.9 Å². The molecular weight excluding hydrogens is 370 g/mol. The van der Waals surface area contributed by atoms with Crippen LogP contribution in [0.1, 0.15) is 16.5 Å². The summed E-state index contributed by atoms with van der Waals surface area (Å²) in [5.74, 6) is 0. The Morgan fingerprint density at radius 3 is 2.76 bits per heavy atom. The number of nitrogens with zero attached hydrogens (tertiary/aromatic N) is 1. The third-order valence-corrected chi connectivity index (χ3v) is 5.06. The number of benzene rings is 1. The Bertz CT molecular complexity index is 760. The number of aromatic nitrogens is 1. The number of hydrogen-bond donors (Lipinski definition) is 1. The van der Waals surface area contributed by atoms with Gasteiger partial charge in [-0.1, -0.05) is 33.6 Å². The molecule has 0 aliphatic heterocycles. The van der Waals surface area contributed by atoms with Gasteiger partial charge in [-0.2, -0.15) is 0 Å². The van der Waals surface area contributed by atoms with Gasteiger partial charge in [0.25, 0.3) is 0 Å². The number of rotatable bonds is 3. The quantitative estimate of drug-likeness (QED) is 0.668. The van der Waals surface area contributed by atoms with Crippen LogP contribution in [0.15, 0.2) is 59.2 Å². The van der Waals surface area contributed by atoms with Crippen molar-refractivity contribution in [3.63, 3.8) is 0 Å². The van der Waals surface area contributed by atoms with Crippen LogP contribution in [-0.4, -0.2) is 10.1 Å². The average Bonchev–Trinajstić information content (AvgIpc) is 3.00. The number of hydrogen-bond acceptors (Lipinski definition) is 3. The van der Waals surface area contributed by atoms with Crippen LogP contribution < -0.4 is 0 Å². The summed E-state index contributed by atoms with van der Waals surface area (Å²) in [6.45, 7) is 0. The minimum atomic E-state index is -0.738. The molecule has 2 aromatic heterocycles. The lowest BCUT2D eigenvalue weighted by molar-refractivity contribution is 0.224. The molecule has 2 nitrogen and oxygen atoms in total. The van der Waals surface area contributed by atoms with Gasteiger partial charge < -0.3 is 5.11 Å². The summed E-state index contributed by atoms with van der Waals surface area (Å²) in [6, 6.07) is 15.1. The van der Waals surface area contributed by atoms with Gasteiger partial charge in [-0.05, 0) is 42.5 Å². The first-order valence-corrected chi connectivity index (χ1v) is 8.28. The predicted octanol–water partition coefficient (Wildman–Crippen LogP) is 5.31. The molecule has 0 fully saturated rings. The van der Waals surface area contributed by atoms with Gasteiger partial charge in [0.2, 0.25) is 0 Å². The molecule has 0 saturated heterocycles. The van der Waals surface area contributed by atoms with E-state index >= 15 is 0 Å². The Hall–Kier alpha value is -1.20. The molecule has 1 unspecified atom stereocenters. The Kier molecular flexibility index (Phi) is 4.40. The van der Waals surface area contributed by atoms with Gasteiger partial charge in [-0.3, -0.25) is 4.98 Å². The molecule has 0 spiro atoms. The third kappa shape index (κ3) is 3.19. The SMILES string of the molecule is OC(c1ccc(-c2ccccn2)s1)c1cc(Br)ccc1Cl. The summed E-state index contributed by atoms with van der Waals surface area (Å²) in [6.07, 6.45) is 1.02. The Balaban J connectivity index is 1.94. The average molecular weight is 381 g/mol. The zero-order chi connectivity index (χ0) is 14.8. The van der Waals surface area contributed by atoms with Gasteiger partial charge in [-0.15, -0.1) is 11.3 Å². The minimum absolute atomic E-state index is 0.554. The molecule has 3 aromatic rings. The van der Waals surface area contributed by atoms with Gasteiger partial charge in [-0.25, -0.2) is 0 Å². The molecule has 3 rings (SSSR count). The molecule has 1 aromatic carbocycles. The predicted molar refractivity (Wildman–Crippen MR) is 90.8 cm³/mol. The van der Waals surface area contributed by atoms with Gasteiger partial charge >= 0.3 is 0 Å². The highest BCUT2D eigenvalue weighted by Crippen LogP contribution is 2.36. The summed E-state index contributed by atoms with van der Waals surface area (Å²) in [7, 11) is 0. The van der Waals surface area contributed by atoms with E-state index in [1.54, 1.807) is 12.3 Å². The van der Waals surface area contributed by atoms with Gasteiger partial charge in [0.05, 0.1) is 10.6 Å². The summed E-state index contributed by atoms with van der Waals surface area (Å²) in [5, 5.41) is 11.1. The van der Waals surface area contributed by atoms with Crippen LogP contribution in [0.4, 0.5) is 0 Å². The summed E-state index contributed by atoms with van der Waals surface area (Å²) < 4.78 is 0.891. The Morgan fingerprint density at radius 1 is 1.14 bits per heavy atom. The molecule has 0 bridgehead atoms. The van der Waals surface area contributed by atoms with Gasteiger partial charge in [0.15, 0.2) is 0 Å². The van der Waals surface area contributed by atoms with Crippen molar-refractivity contribution in [3.05, 3.63) is 74.7 Å². The van der Waals surface area contributed by atoms with Crippen molar-refractivity contribution in [1.29, 1.82) is 0 Å². The second kappa shape index (κ2) is 6.28. The van der Waals surface area contributed by atoms with Crippen LogP contribution in [0, 0.1) is 0 Å². The first-order chi connectivity index (χ1) is 10.1. The van der Waals surface area contributed by atoms with Crippen molar-refractivity contribution in [2.45, 2.75) is 6.10 Å². The highest BCUT2D eigenvalue weighted by molar-refractivity contribution is 9.10. The number of pyridine rings is 1. The molecule has 0 saturated carbocycles. The maximum absolute atomic E-state index is 10.5. The largest absolute Gasteiger partial charge is 0.383 e. The van der Waals surface area contributed by atoms with E-state index in [4.69, 9.17) is 11.6 Å². The van der Waals surface area contributed by atoms with Crippen molar-refractivity contribution in [2.75, 3.05) is 0 Å². The molecule has 2 heterocycles. The molecular formula is C16H11BrClNOS. The Morgan fingerprint density at radius 2 is 2.00 bits per heavy atom. The monoisotopic (exact) mass is 379 g/mol. The lowest BCUT2D eigenvalue weighted by Crippen LogP contribution is -1.97. The van der Waals surface area contributed by atoms with Gasteiger partial charge in [0, 0.05) is 26.1 Å². The fourth-order valence-electron chi connectivity index (χ4n) is 2.02. The Labute approximate surface area is 140 Å². The van der Waals surface area contributed by atoms with Crippen LogP contribution in [0.2, 0.25) is 5.02 Å². The maximum atomic E-state index is 10.5. The van der Waals surface area contributed by atoms with E-state index in [2.05, 4.69) is 20.9 Å². The second-order valence-electron chi connectivity index (χ2n) is 4.49. The number of aliphatic hydroxyl groups is 1. The smallest absolute Gasteiger partial charge is 0.115 e. The van der Waals surface area contributed by atoms with E-state index in [1.807, 2.05) is 42.5 Å². The van der Waals surface area contributed by atoms with E-state index in [1.165, 1.54) is 11.3 Å². The molecule has 0 amide bonds. The zero-order valence-electron chi connectivity index (χ0n) is 10.8. The maximum Gasteiger partial charge on any atom is 0.115 e. The van der Waals surface area contributed by atoms with Crippen LogP contribution in [-0.2, 0) is 0 Å². The summed E-state index contributed by atoms with van der Waals surface area (Å²) in [5.41, 5.74) is 1.60. The topological polar surface area (TPSA) is 33.1 Å². The summed E-state index contributed by atoms with van der Waals surface area (Å²) >= 11 is 11.1. The third-order valence-electron chi connectivity index (χ3n) is 3.07. The number of thiophene rings is 1. The van der Waals surface area contributed by atoms with Crippen molar-refractivity contribution in [1.82, 2.24) is 4.98 Å². The minimum Gasteiger partial charge on any atom is -0.383 e. The first kappa shape index (κ1) is 14.7. The fourth-order valence-corrected chi connectivity index (χ4v) is 3.61. The number of halogens is 2. The zero-order valence-corrected chi connectivity index (χ0v) is 14.0. The molecule has 0 aliphatic rings. The van der Waals surface area contributed by atoms with E-state index in [9.17, 15) is 5.11 Å². The molecule has 1 atom stereocenters. The standard InChI is InChI=1S/C16H11BrClNOS/c17-10-4-5-12(18)11(9-10)16(20)15-7-6-14(21-15)13-3-1-2-8-19-13/h1-9,16,20H. The van der Waals surface area contributed by atoms with Crippen LogP contribution in [0.3, 0.4) is 0 Å². The number of aliphatic hydroxyl groups excluding tert-OH is 1. The summed E-state index contributed by atoms with van der Waals surface area (Å²) in [4.78, 5) is 6.19. The fraction of sp³-hybridized carbons (Fsp3) is 0.0625. The lowest BCUT2D eigenvalue weighted by Gasteiger charge is -2.11. The van der Waals surface area contributed by atoms with E-state index in [-0.39, 0.29) is 0 Å². The van der Waals surface area contributed by atoms with Crippen molar-refractivity contribution in [2.24, 2.45) is 0 Å². The molecule has 106 valence electrons. The van der Waals surface area contributed by atoms with E-state index in [0.717, 1.165) is 19.9 Å². The molecule has 0 aliphatic carbocycles. The van der Waals surface area contributed by atoms with E-state index < -0.39 is 6.10 Å². The highest BCUT2D eigenvalue weighted by atomic mass is 79.9. The second-order valence-corrected chi connectivity index (χ2v) is 6.92. The highest BCUT2D eigenvalue weighted by Gasteiger charge is 2.17. The van der Waals surface area contributed by atoms with Crippen molar-refractivity contribution in [3.8, 4) is 10.6 Å². The van der Waals surface area contributed by atoms with Crippen LogP contribution in [0.5, 0.6) is 0 Å². The molecule has 21 heavy (non-hydrogen) atoms. The van der Waals surface area contributed by atoms with Crippen molar-refractivity contribution < 1.29 is 5.11 Å². The van der Waals surface area contributed by atoms with Crippen LogP contribution >= 0.6 is 38.9 Å². The molecule has 0 radical (unpaired) electrons. The van der Waals surface area contributed by atoms with E-state index in [0.29, 0.717) is 10.6 Å². The van der Waals surface area contributed by atoms with Gasteiger partial charge in [0.1, 0.15) is 6.10 Å². The molecule has 5 heteroatoms. The molecule has 1 N–H and O–H groups in total. The normalized spacial score (nSPS) is 12.3.